The van der Waals surface area contributed by atoms with Gasteiger partial charge in [-0.15, -0.1) is 0 Å². The summed E-state index contributed by atoms with van der Waals surface area (Å²) in [5.74, 6) is 5.46. The molecule has 6 heteroatoms. The molecule has 3 rings (SSSR count). The van der Waals surface area contributed by atoms with Crippen molar-refractivity contribution < 1.29 is 13.2 Å². The third-order valence-electron chi connectivity index (χ3n) is 3.65. The summed E-state index contributed by atoms with van der Waals surface area (Å²) in [6.45, 7) is 0.186. The summed E-state index contributed by atoms with van der Waals surface area (Å²) >= 11 is 0. The van der Waals surface area contributed by atoms with E-state index in [1.807, 2.05) is 30.3 Å². The fourth-order valence-electron chi connectivity index (χ4n) is 2.19. The smallest absolute Gasteiger partial charge is 0.252 e. The van der Waals surface area contributed by atoms with Crippen LogP contribution in [0.2, 0.25) is 0 Å². The molecule has 1 amide bonds. The summed E-state index contributed by atoms with van der Waals surface area (Å²) in [5.41, 5.74) is 1.16. The highest BCUT2D eigenvalue weighted by Crippen LogP contribution is 2.22. The second kappa shape index (κ2) is 7.51. The van der Waals surface area contributed by atoms with Crippen molar-refractivity contribution in [3.63, 3.8) is 0 Å². The Labute approximate surface area is 147 Å². The lowest BCUT2D eigenvalue weighted by atomic mass is 10.2. The van der Waals surface area contributed by atoms with Gasteiger partial charge in [0.1, 0.15) is 0 Å². The third kappa shape index (κ3) is 4.92. The largest absolute Gasteiger partial charge is 0.341 e. The molecule has 0 bridgehead atoms. The summed E-state index contributed by atoms with van der Waals surface area (Å²) in [6, 6.07) is 15.5. The van der Waals surface area contributed by atoms with Crippen LogP contribution in [0.25, 0.3) is 0 Å². The molecule has 0 unspecified atom stereocenters. The lowest BCUT2D eigenvalue weighted by molar-refractivity contribution is 0.0958. The Hall–Kier alpha value is -2.62. The highest BCUT2D eigenvalue weighted by atomic mass is 32.2. The van der Waals surface area contributed by atoms with Crippen LogP contribution in [0.5, 0.6) is 0 Å². The van der Waals surface area contributed by atoms with Crippen LogP contribution in [-0.2, 0) is 10.0 Å². The average Bonchev–Trinajstić information content (AvgIpc) is 3.43. The highest BCUT2D eigenvalue weighted by Gasteiger charge is 2.28. The van der Waals surface area contributed by atoms with Gasteiger partial charge in [0.25, 0.3) is 5.91 Å². The number of hydrogen-bond acceptors (Lipinski definition) is 3. The molecule has 5 nitrogen and oxygen atoms in total. The first-order valence-corrected chi connectivity index (χ1v) is 9.47. The maximum Gasteiger partial charge on any atom is 0.252 e. The predicted octanol–water partition coefficient (Wildman–Crippen LogP) is 1.91. The van der Waals surface area contributed by atoms with Crippen LogP contribution in [0.4, 0.5) is 0 Å². The van der Waals surface area contributed by atoms with Gasteiger partial charge in [0.15, 0.2) is 0 Å². The van der Waals surface area contributed by atoms with Crippen LogP contribution in [0.3, 0.4) is 0 Å². The molecule has 1 saturated carbocycles. The zero-order chi connectivity index (χ0) is 17.7. The van der Waals surface area contributed by atoms with Gasteiger partial charge in [0.2, 0.25) is 10.0 Å². The molecule has 1 aliphatic carbocycles. The quantitative estimate of drug-likeness (QED) is 0.806. The van der Waals surface area contributed by atoms with E-state index < -0.39 is 10.0 Å². The van der Waals surface area contributed by atoms with Crippen LogP contribution < -0.4 is 10.0 Å². The van der Waals surface area contributed by atoms with Crippen LogP contribution in [0.15, 0.2) is 59.5 Å². The van der Waals surface area contributed by atoms with Gasteiger partial charge in [-0.2, -0.15) is 0 Å². The first-order chi connectivity index (χ1) is 12.0. The molecule has 128 valence electrons. The molecular formula is C19H18N2O3S. The van der Waals surface area contributed by atoms with Crippen molar-refractivity contribution >= 4 is 15.9 Å². The summed E-state index contributed by atoms with van der Waals surface area (Å²) in [4.78, 5) is 12.3. The summed E-state index contributed by atoms with van der Waals surface area (Å²) in [6.07, 6.45) is 1.72. The number of rotatable bonds is 5. The monoisotopic (exact) mass is 354 g/mol. The maximum absolute atomic E-state index is 12.2. The van der Waals surface area contributed by atoms with Crippen molar-refractivity contribution in [3.05, 3.63) is 65.7 Å². The molecule has 0 aliphatic heterocycles. The standard InChI is InChI=1S/C19H18N2O3S/c22-19(20-13-5-8-15-6-2-1-3-7-15)16-9-4-10-18(14-16)25(23,24)21-17-11-12-17/h1-4,6-7,9-10,14,17,21H,11-13H2,(H,20,22). The Morgan fingerprint density at radius 2 is 1.84 bits per heavy atom. The summed E-state index contributed by atoms with van der Waals surface area (Å²) in [7, 11) is -3.57. The van der Waals surface area contributed by atoms with E-state index in [4.69, 9.17) is 0 Å². The molecule has 0 spiro atoms. The summed E-state index contributed by atoms with van der Waals surface area (Å²) < 4.78 is 27.0. The SMILES string of the molecule is O=C(NCC#Cc1ccccc1)c1cccc(S(=O)(=O)NC2CC2)c1. The highest BCUT2D eigenvalue weighted by molar-refractivity contribution is 7.89. The molecule has 2 aromatic carbocycles. The predicted molar refractivity (Wildman–Crippen MR) is 95.4 cm³/mol. The normalized spacial score (nSPS) is 13.6. The Morgan fingerprint density at radius 1 is 1.08 bits per heavy atom. The van der Waals surface area contributed by atoms with E-state index in [-0.39, 0.29) is 23.4 Å². The minimum atomic E-state index is -3.57. The molecule has 0 saturated heterocycles. The lowest BCUT2D eigenvalue weighted by Gasteiger charge is -2.07. The Morgan fingerprint density at radius 3 is 2.56 bits per heavy atom. The molecular weight excluding hydrogens is 336 g/mol. The van der Waals surface area contributed by atoms with Crippen LogP contribution in [0, 0.1) is 11.8 Å². The number of amides is 1. The van der Waals surface area contributed by atoms with E-state index in [2.05, 4.69) is 21.9 Å². The molecule has 0 heterocycles. The Kier molecular flexibility index (Phi) is 5.17. The van der Waals surface area contributed by atoms with Gasteiger partial charge in [-0.25, -0.2) is 13.1 Å². The molecule has 1 fully saturated rings. The number of benzene rings is 2. The van der Waals surface area contributed by atoms with Crippen molar-refractivity contribution in [2.45, 2.75) is 23.8 Å². The zero-order valence-corrected chi connectivity index (χ0v) is 14.3. The first kappa shape index (κ1) is 17.2. The van der Waals surface area contributed by atoms with Crippen molar-refractivity contribution in [3.8, 4) is 11.8 Å². The molecule has 0 atom stereocenters. The van der Waals surface area contributed by atoms with Crippen molar-refractivity contribution in [1.82, 2.24) is 10.0 Å². The lowest BCUT2D eigenvalue weighted by Crippen LogP contribution is -2.27. The van der Waals surface area contributed by atoms with Crippen LogP contribution in [0.1, 0.15) is 28.8 Å². The van der Waals surface area contributed by atoms with E-state index in [1.54, 1.807) is 12.1 Å². The van der Waals surface area contributed by atoms with Crippen molar-refractivity contribution in [2.24, 2.45) is 0 Å². The Balaban J connectivity index is 1.62. The molecule has 25 heavy (non-hydrogen) atoms. The van der Waals surface area contributed by atoms with Gasteiger partial charge in [0, 0.05) is 17.2 Å². The molecule has 1 aliphatic rings. The average molecular weight is 354 g/mol. The minimum absolute atomic E-state index is 0.0238. The minimum Gasteiger partial charge on any atom is -0.341 e. The maximum atomic E-state index is 12.2. The van der Waals surface area contributed by atoms with Crippen LogP contribution in [-0.4, -0.2) is 26.9 Å². The van der Waals surface area contributed by atoms with Gasteiger partial charge < -0.3 is 5.32 Å². The third-order valence-corrected chi connectivity index (χ3v) is 5.17. The zero-order valence-electron chi connectivity index (χ0n) is 13.5. The number of nitrogens with one attached hydrogen (secondary N) is 2. The topological polar surface area (TPSA) is 75.3 Å². The molecule has 2 N–H and O–H groups in total. The van der Waals surface area contributed by atoms with E-state index in [9.17, 15) is 13.2 Å². The van der Waals surface area contributed by atoms with E-state index in [1.165, 1.54) is 12.1 Å². The van der Waals surface area contributed by atoms with E-state index >= 15 is 0 Å². The van der Waals surface area contributed by atoms with Gasteiger partial charge in [-0.3, -0.25) is 4.79 Å². The van der Waals surface area contributed by atoms with Crippen molar-refractivity contribution in [2.75, 3.05) is 6.54 Å². The number of hydrogen-bond donors (Lipinski definition) is 2. The van der Waals surface area contributed by atoms with Gasteiger partial charge in [-0.1, -0.05) is 36.1 Å². The number of sulfonamides is 1. The second-order valence-electron chi connectivity index (χ2n) is 5.77. The van der Waals surface area contributed by atoms with Crippen molar-refractivity contribution in [1.29, 1.82) is 0 Å². The molecule has 0 radical (unpaired) electrons. The van der Waals surface area contributed by atoms with Gasteiger partial charge in [0.05, 0.1) is 11.4 Å². The van der Waals surface area contributed by atoms with Gasteiger partial charge >= 0.3 is 0 Å². The number of carbonyl (C=O) groups excluding carboxylic acids is 1. The summed E-state index contributed by atoms with van der Waals surface area (Å²) in [5, 5.41) is 2.67. The second-order valence-corrected chi connectivity index (χ2v) is 7.49. The number of carbonyl (C=O) groups is 1. The van der Waals surface area contributed by atoms with Gasteiger partial charge in [-0.05, 0) is 43.2 Å². The molecule has 0 aromatic heterocycles. The fraction of sp³-hybridized carbons (Fsp3) is 0.211. The van der Waals surface area contributed by atoms with E-state index in [0.29, 0.717) is 5.56 Å². The fourth-order valence-corrected chi connectivity index (χ4v) is 3.54. The van der Waals surface area contributed by atoms with Crippen LogP contribution >= 0.6 is 0 Å². The van der Waals surface area contributed by atoms with E-state index in [0.717, 1.165) is 18.4 Å². The molecule has 2 aromatic rings. The Bertz CT molecular complexity index is 924. The first-order valence-electron chi connectivity index (χ1n) is 7.99.